The topological polar surface area (TPSA) is 124 Å². The van der Waals surface area contributed by atoms with E-state index in [2.05, 4.69) is 15.3 Å². The third-order valence-electron chi connectivity index (χ3n) is 2.13. The van der Waals surface area contributed by atoms with E-state index in [4.69, 9.17) is 10.9 Å². The number of nitrogen functional groups attached to an aromatic ring is 1. The third kappa shape index (κ3) is 4.05. The third-order valence-corrected chi connectivity index (χ3v) is 3.06. The molecular formula is C10H12ClN5O2S. The maximum absolute atomic E-state index is 11.1. The molecule has 0 saturated carbocycles. The van der Waals surface area contributed by atoms with Crippen molar-refractivity contribution in [3.63, 3.8) is 0 Å². The Balaban J connectivity index is 0.00000180. The highest BCUT2D eigenvalue weighted by atomic mass is 35.5. The molecule has 0 aliphatic carbocycles. The van der Waals surface area contributed by atoms with Crippen LogP contribution >= 0.6 is 12.4 Å². The van der Waals surface area contributed by atoms with E-state index in [1.807, 2.05) is 0 Å². The van der Waals surface area contributed by atoms with Crippen molar-refractivity contribution >= 4 is 39.9 Å². The lowest BCUT2D eigenvalue weighted by Gasteiger charge is -2.06. The van der Waals surface area contributed by atoms with Gasteiger partial charge in [-0.2, -0.15) is 4.98 Å². The average molecular weight is 302 g/mol. The normalized spacial score (nSPS) is 10.6. The van der Waals surface area contributed by atoms with Crippen molar-refractivity contribution in [1.29, 1.82) is 0 Å². The number of rotatable bonds is 3. The molecular weight excluding hydrogens is 290 g/mol. The van der Waals surface area contributed by atoms with E-state index in [9.17, 15) is 8.42 Å². The van der Waals surface area contributed by atoms with E-state index in [0.29, 0.717) is 11.5 Å². The van der Waals surface area contributed by atoms with Gasteiger partial charge >= 0.3 is 0 Å². The number of hydrogen-bond acceptors (Lipinski definition) is 6. The first-order chi connectivity index (χ1) is 8.45. The summed E-state index contributed by atoms with van der Waals surface area (Å²) in [4.78, 5) is 7.76. The van der Waals surface area contributed by atoms with Gasteiger partial charge in [0.15, 0.2) is 0 Å². The van der Waals surface area contributed by atoms with Crippen LogP contribution in [0.3, 0.4) is 0 Å². The van der Waals surface area contributed by atoms with Crippen molar-refractivity contribution in [2.75, 3.05) is 11.1 Å². The van der Waals surface area contributed by atoms with Gasteiger partial charge in [-0.3, -0.25) is 0 Å². The van der Waals surface area contributed by atoms with E-state index in [-0.39, 0.29) is 23.3 Å². The number of primary sulfonamides is 1. The summed E-state index contributed by atoms with van der Waals surface area (Å²) in [7, 11) is -3.67. The van der Waals surface area contributed by atoms with Gasteiger partial charge in [0.2, 0.25) is 16.0 Å². The first-order valence-electron chi connectivity index (χ1n) is 4.93. The number of sulfonamides is 1. The zero-order chi connectivity index (χ0) is 13.2. The summed E-state index contributed by atoms with van der Waals surface area (Å²) in [6.45, 7) is 0. The van der Waals surface area contributed by atoms with Crippen LogP contribution in [0.1, 0.15) is 0 Å². The maximum Gasteiger partial charge on any atom is 0.238 e. The van der Waals surface area contributed by atoms with Gasteiger partial charge in [-0.25, -0.2) is 18.5 Å². The molecule has 0 atom stereocenters. The van der Waals surface area contributed by atoms with Crippen LogP contribution in [0.25, 0.3) is 0 Å². The second kappa shape index (κ2) is 5.83. The molecule has 19 heavy (non-hydrogen) atoms. The predicted octanol–water partition coefficient (Wildman–Crippen LogP) is 0.872. The number of nitrogens with one attached hydrogen (secondary N) is 1. The van der Waals surface area contributed by atoms with E-state index < -0.39 is 10.0 Å². The molecule has 9 heteroatoms. The number of nitrogens with zero attached hydrogens (tertiary/aromatic N) is 2. The van der Waals surface area contributed by atoms with Gasteiger partial charge in [-0.1, -0.05) is 0 Å². The molecule has 2 rings (SSSR count). The Morgan fingerprint density at radius 3 is 2.26 bits per heavy atom. The Labute approximate surface area is 116 Å². The van der Waals surface area contributed by atoms with Gasteiger partial charge in [-0.05, 0) is 30.3 Å². The van der Waals surface area contributed by atoms with Crippen molar-refractivity contribution in [1.82, 2.24) is 9.97 Å². The number of benzene rings is 1. The molecule has 0 amide bonds. The lowest BCUT2D eigenvalue weighted by molar-refractivity contribution is 0.598. The molecule has 0 aliphatic heterocycles. The van der Waals surface area contributed by atoms with Gasteiger partial charge in [0, 0.05) is 11.9 Å². The van der Waals surface area contributed by atoms with Gasteiger partial charge in [0.05, 0.1) is 4.90 Å². The van der Waals surface area contributed by atoms with Crippen molar-refractivity contribution in [3.05, 3.63) is 36.5 Å². The highest BCUT2D eigenvalue weighted by molar-refractivity contribution is 7.89. The molecule has 0 unspecified atom stereocenters. The molecule has 1 heterocycles. The molecule has 0 bridgehead atoms. The molecule has 0 aliphatic rings. The fourth-order valence-corrected chi connectivity index (χ4v) is 1.83. The van der Waals surface area contributed by atoms with E-state index in [1.54, 1.807) is 18.2 Å². The van der Waals surface area contributed by atoms with Crippen LogP contribution < -0.4 is 16.2 Å². The van der Waals surface area contributed by atoms with Crippen molar-refractivity contribution in [3.8, 4) is 0 Å². The van der Waals surface area contributed by atoms with Gasteiger partial charge < -0.3 is 11.1 Å². The zero-order valence-electron chi connectivity index (χ0n) is 9.65. The Kier molecular flexibility index (Phi) is 4.65. The van der Waals surface area contributed by atoms with Crippen LogP contribution in [0, 0.1) is 0 Å². The Hall–Kier alpha value is -1.90. The number of halogens is 1. The lowest BCUT2D eigenvalue weighted by Crippen LogP contribution is -2.11. The Morgan fingerprint density at radius 2 is 1.74 bits per heavy atom. The molecule has 1 aromatic carbocycles. The minimum atomic E-state index is -3.67. The summed E-state index contributed by atoms with van der Waals surface area (Å²) in [5.74, 6) is 0.673. The standard InChI is InChI=1S/C10H11N5O2S.ClH/c11-10-13-6-5-9(15-10)14-7-1-3-8(4-2-7)18(12,16)17;/h1-6H,(H2,12,16,17)(H3,11,13,14,15);1H. The Bertz CT molecular complexity index is 660. The predicted molar refractivity (Wildman–Crippen MR) is 74.8 cm³/mol. The second-order valence-corrected chi connectivity index (χ2v) is 5.06. The van der Waals surface area contributed by atoms with Crippen LogP contribution in [0.15, 0.2) is 41.4 Å². The van der Waals surface area contributed by atoms with Crippen LogP contribution in [0.5, 0.6) is 0 Å². The smallest absolute Gasteiger partial charge is 0.238 e. The SMILES string of the molecule is Cl.Nc1nccc(Nc2ccc(S(N)(=O)=O)cc2)n1. The summed E-state index contributed by atoms with van der Waals surface area (Å²) in [5.41, 5.74) is 6.10. The largest absolute Gasteiger partial charge is 0.368 e. The van der Waals surface area contributed by atoms with Crippen LogP contribution in [-0.4, -0.2) is 18.4 Å². The first kappa shape index (κ1) is 15.2. The molecule has 0 radical (unpaired) electrons. The lowest BCUT2D eigenvalue weighted by atomic mass is 10.3. The summed E-state index contributed by atoms with van der Waals surface area (Å²) in [5, 5.41) is 7.95. The van der Waals surface area contributed by atoms with Gasteiger partial charge in [-0.15, -0.1) is 12.4 Å². The minimum absolute atomic E-state index is 0. The summed E-state index contributed by atoms with van der Waals surface area (Å²) >= 11 is 0. The van der Waals surface area contributed by atoms with Crippen molar-refractivity contribution in [2.24, 2.45) is 5.14 Å². The average Bonchev–Trinajstić information content (AvgIpc) is 2.28. The van der Waals surface area contributed by atoms with Crippen LogP contribution in [0.2, 0.25) is 0 Å². The number of nitrogens with two attached hydrogens (primary N) is 2. The number of aromatic nitrogens is 2. The minimum Gasteiger partial charge on any atom is -0.368 e. The first-order valence-corrected chi connectivity index (χ1v) is 6.48. The number of anilines is 3. The second-order valence-electron chi connectivity index (χ2n) is 3.49. The fraction of sp³-hybridized carbons (Fsp3) is 0. The van der Waals surface area contributed by atoms with Crippen LogP contribution in [0.4, 0.5) is 17.5 Å². The molecule has 0 spiro atoms. The Morgan fingerprint density at radius 1 is 1.11 bits per heavy atom. The van der Waals surface area contributed by atoms with Crippen LogP contribution in [-0.2, 0) is 10.0 Å². The monoisotopic (exact) mass is 301 g/mol. The van der Waals surface area contributed by atoms with Crippen molar-refractivity contribution < 1.29 is 8.42 Å². The van der Waals surface area contributed by atoms with Crippen molar-refractivity contribution in [2.45, 2.75) is 4.90 Å². The number of hydrogen-bond donors (Lipinski definition) is 3. The molecule has 7 nitrogen and oxygen atoms in total. The zero-order valence-corrected chi connectivity index (χ0v) is 11.3. The van der Waals surface area contributed by atoms with Gasteiger partial charge in [0.1, 0.15) is 5.82 Å². The van der Waals surface area contributed by atoms with E-state index >= 15 is 0 Å². The highest BCUT2D eigenvalue weighted by Gasteiger charge is 2.06. The molecule has 0 fully saturated rings. The van der Waals surface area contributed by atoms with E-state index in [1.165, 1.54) is 18.3 Å². The van der Waals surface area contributed by atoms with Gasteiger partial charge in [0.25, 0.3) is 0 Å². The molecule has 5 N–H and O–H groups in total. The van der Waals surface area contributed by atoms with E-state index in [0.717, 1.165) is 0 Å². The quantitative estimate of drug-likeness (QED) is 0.772. The highest BCUT2D eigenvalue weighted by Crippen LogP contribution is 2.16. The fourth-order valence-electron chi connectivity index (χ4n) is 1.32. The summed E-state index contributed by atoms with van der Waals surface area (Å²) in [6, 6.07) is 7.62. The molecule has 102 valence electrons. The molecule has 0 saturated heterocycles. The summed E-state index contributed by atoms with van der Waals surface area (Å²) in [6.07, 6.45) is 1.52. The maximum atomic E-state index is 11.1. The summed E-state index contributed by atoms with van der Waals surface area (Å²) < 4.78 is 22.1. The molecule has 1 aromatic heterocycles. The molecule has 2 aromatic rings.